The molecule has 34 heavy (non-hydrogen) atoms. The molecule has 0 saturated heterocycles. The van der Waals surface area contributed by atoms with Gasteiger partial charge in [-0.15, -0.1) is 0 Å². The summed E-state index contributed by atoms with van der Waals surface area (Å²) in [6, 6.07) is 21.1. The van der Waals surface area contributed by atoms with E-state index in [-0.39, 0.29) is 5.91 Å². The summed E-state index contributed by atoms with van der Waals surface area (Å²) in [7, 11) is 0. The first-order valence-corrected chi connectivity index (χ1v) is 11.2. The number of aryl methyl sites for hydroxylation is 1. The minimum absolute atomic E-state index is 0.153. The van der Waals surface area contributed by atoms with E-state index in [1.807, 2.05) is 92.2 Å². The van der Waals surface area contributed by atoms with E-state index in [1.165, 1.54) is 0 Å². The van der Waals surface area contributed by atoms with Crippen LogP contribution in [0.2, 0.25) is 0 Å². The van der Waals surface area contributed by atoms with Crippen LogP contribution in [0, 0.1) is 13.8 Å². The first-order chi connectivity index (χ1) is 16.5. The Labute approximate surface area is 199 Å². The molecule has 0 aliphatic rings. The molecule has 7 nitrogen and oxygen atoms in total. The quantitative estimate of drug-likeness (QED) is 0.381. The standard InChI is InChI=1S/C27H28N4O3/c1-4-33-23-10-12-24(13-11-23)34-25-16-22(14-15-28-25)17-29-27(32)26-19(2)30-31(20(26)3)18-21-8-6-5-7-9-21/h5-16H,4,17-18H2,1-3H3,(H,29,32). The van der Waals surface area contributed by atoms with Gasteiger partial charge in [-0.2, -0.15) is 5.10 Å². The summed E-state index contributed by atoms with van der Waals surface area (Å²) in [5, 5.41) is 7.57. The predicted octanol–water partition coefficient (Wildman–Crippen LogP) is 5.06. The molecule has 174 valence electrons. The maximum atomic E-state index is 13.0. The number of aromatic nitrogens is 3. The van der Waals surface area contributed by atoms with Gasteiger partial charge in [0.25, 0.3) is 5.91 Å². The summed E-state index contributed by atoms with van der Waals surface area (Å²) in [6.45, 7) is 7.31. The first kappa shape index (κ1) is 23.0. The van der Waals surface area contributed by atoms with Gasteiger partial charge >= 0.3 is 0 Å². The van der Waals surface area contributed by atoms with Crippen LogP contribution in [0.5, 0.6) is 17.4 Å². The molecule has 7 heteroatoms. The third-order valence-corrected chi connectivity index (χ3v) is 5.39. The highest BCUT2D eigenvalue weighted by Gasteiger charge is 2.18. The number of ether oxygens (including phenoxy) is 2. The van der Waals surface area contributed by atoms with Gasteiger partial charge in [-0.05, 0) is 62.2 Å². The fourth-order valence-electron chi connectivity index (χ4n) is 3.71. The number of pyridine rings is 1. The number of nitrogens with one attached hydrogen (secondary N) is 1. The lowest BCUT2D eigenvalue weighted by molar-refractivity contribution is 0.0949. The number of rotatable bonds is 9. The molecular formula is C27H28N4O3. The Morgan fingerprint density at radius 3 is 2.44 bits per heavy atom. The van der Waals surface area contributed by atoms with Gasteiger partial charge in [0, 0.05) is 24.5 Å². The topological polar surface area (TPSA) is 78.3 Å². The second kappa shape index (κ2) is 10.7. The zero-order valence-corrected chi connectivity index (χ0v) is 19.6. The minimum atomic E-state index is -0.153. The van der Waals surface area contributed by atoms with Crippen LogP contribution in [0.25, 0.3) is 0 Å². The van der Waals surface area contributed by atoms with Crippen molar-refractivity contribution in [2.75, 3.05) is 6.61 Å². The number of carbonyl (C=O) groups is 1. The van der Waals surface area contributed by atoms with Crippen LogP contribution >= 0.6 is 0 Å². The highest BCUT2D eigenvalue weighted by Crippen LogP contribution is 2.23. The molecule has 2 aromatic heterocycles. The van der Waals surface area contributed by atoms with Crippen molar-refractivity contribution in [3.63, 3.8) is 0 Å². The van der Waals surface area contributed by atoms with Crippen molar-refractivity contribution in [1.29, 1.82) is 0 Å². The zero-order chi connectivity index (χ0) is 23.9. The lowest BCUT2D eigenvalue weighted by Gasteiger charge is -2.09. The smallest absolute Gasteiger partial charge is 0.255 e. The molecule has 4 aromatic rings. The van der Waals surface area contributed by atoms with Gasteiger partial charge in [0.1, 0.15) is 11.5 Å². The van der Waals surface area contributed by atoms with E-state index in [4.69, 9.17) is 9.47 Å². The van der Waals surface area contributed by atoms with Crippen LogP contribution in [0.4, 0.5) is 0 Å². The number of nitrogens with zero attached hydrogens (tertiary/aromatic N) is 3. The van der Waals surface area contributed by atoms with E-state index in [9.17, 15) is 4.79 Å². The fourth-order valence-corrected chi connectivity index (χ4v) is 3.71. The fraction of sp³-hybridized carbons (Fsp3) is 0.222. The van der Waals surface area contributed by atoms with E-state index in [1.54, 1.807) is 6.20 Å². The van der Waals surface area contributed by atoms with Crippen molar-refractivity contribution in [2.24, 2.45) is 0 Å². The second-order valence-electron chi connectivity index (χ2n) is 7.88. The average molecular weight is 457 g/mol. The maximum Gasteiger partial charge on any atom is 0.255 e. The van der Waals surface area contributed by atoms with Crippen LogP contribution in [0.1, 0.15) is 39.8 Å². The zero-order valence-electron chi connectivity index (χ0n) is 19.6. The van der Waals surface area contributed by atoms with Crippen molar-refractivity contribution in [3.8, 4) is 17.4 Å². The molecule has 2 aromatic carbocycles. The number of carbonyl (C=O) groups excluding carboxylic acids is 1. The first-order valence-electron chi connectivity index (χ1n) is 11.2. The predicted molar refractivity (Wildman–Crippen MR) is 130 cm³/mol. The Bertz CT molecular complexity index is 1250. The van der Waals surface area contributed by atoms with Crippen molar-refractivity contribution in [1.82, 2.24) is 20.1 Å². The number of benzene rings is 2. The summed E-state index contributed by atoms with van der Waals surface area (Å²) in [4.78, 5) is 17.2. The van der Waals surface area contributed by atoms with Gasteiger partial charge in [0.2, 0.25) is 5.88 Å². The monoisotopic (exact) mass is 456 g/mol. The van der Waals surface area contributed by atoms with E-state index in [0.29, 0.717) is 42.6 Å². The molecule has 0 aliphatic carbocycles. The summed E-state index contributed by atoms with van der Waals surface area (Å²) in [6.07, 6.45) is 1.67. The van der Waals surface area contributed by atoms with Gasteiger partial charge in [-0.25, -0.2) is 4.98 Å². The highest BCUT2D eigenvalue weighted by molar-refractivity contribution is 5.96. The van der Waals surface area contributed by atoms with E-state index in [0.717, 1.165) is 22.6 Å². The lowest BCUT2D eigenvalue weighted by Crippen LogP contribution is -2.24. The molecular weight excluding hydrogens is 428 g/mol. The highest BCUT2D eigenvalue weighted by atomic mass is 16.5. The number of hydrogen-bond donors (Lipinski definition) is 1. The summed E-state index contributed by atoms with van der Waals surface area (Å²) < 4.78 is 13.2. The Morgan fingerprint density at radius 1 is 0.971 bits per heavy atom. The molecule has 1 amide bonds. The summed E-state index contributed by atoms with van der Waals surface area (Å²) >= 11 is 0. The molecule has 2 heterocycles. The van der Waals surface area contributed by atoms with Crippen LogP contribution in [-0.2, 0) is 13.1 Å². The van der Waals surface area contributed by atoms with Gasteiger partial charge in [-0.1, -0.05) is 30.3 Å². The maximum absolute atomic E-state index is 13.0. The summed E-state index contributed by atoms with van der Waals surface area (Å²) in [5.41, 5.74) is 4.18. The van der Waals surface area contributed by atoms with E-state index in [2.05, 4.69) is 15.4 Å². The average Bonchev–Trinajstić information content (AvgIpc) is 3.12. The molecule has 0 atom stereocenters. The number of hydrogen-bond acceptors (Lipinski definition) is 5. The molecule has 0 fully saturated rings. The largest absolute Gasteiger partial charge is 0.494 e. The number of amides is 1. The molecule has 1 N–H and O–H groups in total. The van der Waals surface area contributed by atoms with Crippen molar-refractivity contribution >= 4 is 5.91 Å². The molecule has 0 bridgehead atoms. The van der Waals surface area contributed by atoms with E-state index < -0.39 is 0 Å². The van der Waals surface area contributed by atoms with Gasteiger partial charge in [0.15, 0.2) is 0 Å². The third-order valence-electron chi connectivity index (χ3n) is 5.39. The molecule has 0 aliphatic heterocycles. The van der Waals surface area contributed by atoms with Gasteiger partial charge in [0.05, 0.1) is 24.4 Å². The molecule has 0 spiro atoms. The van der Waals surface area contributed by atoms with Crippen LogP contribution in [0.3, 0.4) is 0 Å². The second-order valence-corrected chi connectivity index (χ2v) is 7.88. The minimum Gasteiger partial charge on any atom is -0.494 e. The normalized spacial score (nSPS) is 10.7. The molecule has 0 radical (unpaired) electrons. The Balaban J connectivity index is 1.39. The third kappa shape index (κ3) is 5.61. The van der Waals surface area contributed by atoms with Crippen LogP contribution in [-0.4, -0.2) is 27.3 Å². The molecule has 0 saturated carbocycles. The summed E-state index contributed by atoms with van der Waals surface area (Å²) in [5.74, 6) is 1.75. The van der Waals surface area contributed by atoms with Crippen LogP contribution < -0.4 is 14.8 Å². The van der Waals surface area contributed by atoms with Crippen molar-refractivity contribution in [3.05, 3.63) is 101 Å². The Morgan fingerprint density at radius 2 is 1.71 bits per heavy atom. The molecule has 4 rings (SSSR count). The Hall–Kier alpha value is -4.13. The molecule has 0 unspecified atom stereocenters. The van der Waals surface area contributed by atoms with Crippen molar-refractivity contribution < 1.29 is 14.3 Å². The van der Waals surface area contributed by atoms with E-state index >= 15 is 0 Å². The van der Waals surface area contributed by atoms with Crippen molar-refractivity contribution in [2.45, 2.75) is 33.9 Å². The Kier molecular flexibility index (Phi) is 7.22. The lowest BCUT2D eigenvalue weighted by atomic mass is 10.1. The van der Waals surface area contributed by atoms with Gasteiger partial charge < -0.3 is 14.8 Å². The van der Waals surface area contributed by atoms with Crippen LogP contribution in [0.15, 0.2) is 72.9 Å². The SMILES string of the molecule is CCOc1ccc(Oc2cc(CNC(=O)c3c(C)nn(Cc4ccccc4)c3C)ccn2)cc1. The van der Waals surface area contributed by atoms with Gasteiger partial charge in [-0.3, -0.25) is 9.48 Å².